The number of amides is 2. The maximum atomic E-state index is 12.5. The molecule has 0 aliphatic carbocycles. The van der Waals surface area contributed by atoms with E-state index in [-0.39, 0.29) is 12.3 Å². The molecular weight excluding hydrogens is 332 g/mol. The number of ether oxygens (including phenoxy) is 1. The lowest BCUT2D eigenvalue weighted by atomic mass is 10.1. The number of aliphatic hydroxyl groups excluding tert-OH is 1. The molecule has 0 saturated heterocycles. The Labute approximate surface area is 152 Å². The molecule has 2 aromatic rings. The fourth-order valence-corrected chi connectivity index (χ4v) is 2.19. The van der Waals surface area contributed by atoms with E-state index in [9.17, 15) is 9.59 Å². The molecule has 0 aliphatic rings. The van der Waals surface area contributed by atoms with Gasteiger partial charge in [-0.05, 0) is 42.3 Å². The van der Waals surface area contributed by atoms with Crippen molar-refractivity contribution >= 4 is 17.9 Å². The quantitative estimate of drug-likeness (QED) is 0.500. The van der Waals surface area contributed by atoms with Crippen molar-refractivity contribution in [1.29, 1.82) is 0 Å². The first-order chi connectivity index (χ1) is 12.6. The summed E-state index contributed by atoms with van der Waals surface area (Å²) in [6.45, 7) is 0.302. The van der Waals surface area contributed by atoms with Crippen molar-refractivity contribution in [3.63, 3.8) is 0 Å². The molecule has 6 heteroatoms. The molecule has 0 saturated carbocycles. The standard InChI is InChI=1S/C20H22N2O4/c1-26-17-10-8-16(9-11-17)19(24)22-18(20(25)21-12-5-13-23)14-15-6-3-2-4-7-15/h2-4,6-11,14,23H,5,12-13H2,1H3,(H,21,25)(H,22,24)/b18-14+. The minimum Gasteiger partial charge on any atom is -0.497 e. The topological polar surface area (TPSA) is 87.7 Å². The van der Waals surface area contributed by atoms with Gasteiger partial charge in [-0.3, -0.25) is 9.59 Å². The Morgan fingerprint density at radius 3 is 2.38 bits per heavy atom. The normalized spacial score (nSPS) is 10.9. The van der Waals surface area contributed by atoms with Crippen LogP contribution in [-0.2, 0) is 4.79 Å². The van der Waals surface area contributed by atoms with Gasteiger partial charge in [-0.2, -0.15) is 0 Å². The summed E-state index contributed by atoms with van der Waals surface area (Å²) in [6.07, 6.45) is 2.05. The van der Waals surface area contributed by atoms with E-state index in [4.69, 9.17) is 9.84 Å². The minimum atomic E-state index is -0.413. The maximum absolute atomic E-state index is 12.5. The van der Waals surface area contributed by atoms with Gasteiger partial charge in [-0.15, -0.1) is 0 Å². The van der Waals surface area contributed by atoms with Crippen LogP contribution in [0.2, 0.25) is 0 Å². The van der Waals surface area contributed by atoms with Gasteiger partial charge in [0.15, 0.2) is 0 Å². The van der Waals surface area contributed by atoms with Crippen LogP contribution in [-0.4, -0.2) is 37.2 Å². The molecular formula is C20H22N2O4. The van der Waals surface area contributed by atoms with Gasteiger partial charge in [-0.1, -0.05) is 30.3 Å². The first-order valence-electron chi connectivity index (χ1n) is 8.25. The number of benzene rings is 2. The van der Waals surface area contributed by atoms with Gasteiger partial charge in [0.05, 0.1) is 7.11 Å². The van der Waals surface area contributed by atoms with Gasteiger partial charge in [0.1, 0.15) is 11.4 Å². The van der Waals surface area contributed by atoms with Crippen molar-refractivity contribution < 1.29 is 19.4 Å². The summed E-state index contributed by atoms with van der Waals surface area (Å²) in [5.74, 6) is -0.167. The molecule has 0 heterocycles. The van der Waals surface area contributed by atoms with Gasteiger partial charge < -0.3 is 20.5 Å². The zero-order chi connectivity index (χ0) is 18.8. The van der Waals surface area contributed by atoms with Crippen molar-refractivity contribution in [2.75, 3.05) is 20.3 Å². The van der Waals surface area contributed by atoms with Crippen LogP contribution in [0.25, 0.3) is 6.08 Å². The molecule has 2 amide bonds. The second-order valence-electron chi connectivity index (χ2n) is 5.48. The summed E-state index contributed by atoms with van der Waals surface area (Å²) in [6, 6.07) is 15.8. The predicted octanol–water partition coefficient (Wildman–Crippen LogP) is 1.96. The molecule has 0 aliphatic heterocycles. The monoisotopic (exact) mass is 354 g/mol. The number of hydrogen-bond donors (Lipinski definition) is 3. The van der Waals surface area contributed by atoms with E-state index in [1.54, 1.807) is 37.5 Å². The zero-order valence-corrected chi connectivity index (χ0v) is 14.6. The van der Waals surface area contributed by atoms with E-state index in [1.807, 2.05) is 30.3 Å². The van der Waals surface area contributed by atoms with Gasteiger partial charge >= 0.3 is 0 Å². The lowest BCUT2D eigenvalue weighted by Crippen LogP contribution is -2.35. The third-order valence-electron chi connectivity index (χ3n) is 3.58. The molecule has 0 fully saturated rings. The van der Waals surface area contributed by atoms with Crippen LogP contribution >= 0.6 is 0 Å². The van der Waals surface area contributed by atoms with E-state index < -0.39 is 11.8 Å². The molecule has 26 heavy (non-hydrogen) atoms. The van der Waals surface area contributed by atoms with E-state index >= 15 is 0 Å². The summed E-state index contributed by atoms with van der Waals surface area (Å²) in [7, 11) is 1.55. The third-order valence-corrected chi connectivity index (χ3v) is 3.58. The Kier molecular flexibility index (Phi) is 7.39. The second-order valence-corrected chi connectivity index (χ2v) is 5.48. The Hall–Kier alpha value is -3.12. The third kappa shape index (κ3) is 5.75. The zero-order valence-electron chi connectivity index (χ0n) is 14.6. The molecule has 0 spiro atoms. The Balaban J connectivity index is 2.18. The smallest absolute Gasteiger partial charge is 0.267 e. The highest BCUT2D eigenvalue weighted by atomic mass is 16.5. The van der Waals surface area contributed by atoms with Crippen LogP contribution in [0.5, 0.6) is 5.75 Å². The Bertz CT molecular complexity index is 755. The largest absolute Gasteiger partial charge is 0.497 e. The van der Waals surface area contributed by atoms with Crippen LogP contribution in [0.1, 0.15) is 22.3 Å². The fraction of sp³-hybridized carbons (Fsp3) is 0.200. The molecule has 2 aromatic carbocycles. The van der Waals surface area contributed by atoms with Gasteiger partial charge in [0, 0.05) is 18.7 Å². The lowest BCUT2D eigenvalue weighted by Gasteiger charge is -2.11. The number of carbonyl (C=O) groups is 2. The molecule has 0 atom stereocenters. The second kappa shape index (κ2) is 10.0. The SMILES string of the molecule is COc1ccc(C(=O)N/C(=C/c2ccccc2)C(=O)NCCCO)cc1. The van der Waals surface area contributed by atoms with E-state index in [0.29, 0.717) is 24.3 Å². The average molecular weight is 354 g/mol. The molecule has 6 nitrogen and oxygen atoms in total. The summed E-state index contributed by atoms with van der Waals surface area (Å²) in [4.78, 5) is 24.9. The molecule has 3 N–H and O–H groups in total. The fourth-order valence-electron chi connectivity index (χ4n) is 2.19. The first-order valence-corrected chi connectivity index (χ1v) is 8.25. The van der Waals surface area contributed by atoms with Crippen molar-refractivity contribution in [3.05, 3.63) is 71.4 Å². The van der Waals surface area contributed by atoms with Crippen molar-refractivity contribution in [2.24, 2.45) is 0 Å². The van der Waals surface area contributed by atoms with Gasteiger partial charge in [0.25, 0.3) is 11.8 Å². The molecule has 0 unspecified atom stereocenters. The Morgan fingerprint density at radius 2 is 1.77 bits per heavy atom. The van der Waals surface area contributed by atoms with Crippen molar-refractivity contribution in [3.8, 4) is 5.75 Å². The number of methoxy groups -OCH3 is 1. The summed E-state index contributed by atoms with van der Waals surface area (Å²) < 4.78 is 5.07. The molecule has 0 bridgehead atoms. The van der Waals surface area contributed by atoms with Crippen LogP contribution in [0.3, 0.4) is 0 Å². The van der Waals surface area contributed by atoms with Crippen LogP contribution < -0.4 is 15.4 Å². The highest BCUT2D eigenvalue weighted by Gasteiger charge is 2.14. The van der Waals surface area contributed by atoms with E-state index in [1.165, 1.54) is 0 Å². The first kappa shape index (κ1) is 19.2. The highest BCUT2D eigenvalue weighted by Crippen LogP contribution is 2.12. The number of carbonyl (C=O) groups excluding carboxylic acids is 2. The van der Waals surface area contributed by atoms with E-state index in [2.05, 4.69) is 10.6 Å². The predicted molar refractivity (Wildman–Crippen MR) is 99.6 cm³/mol. The summed E-state index contributed by atoms with van der Waals surface area (Å²) >= 11 is 0. The molecule has 0 aromatic heterocycles. The van der Waals surface area contributed by atoms with Crippen LogP contribution in [0.4, 0.5) is 0 Å². The average Bonchev–Trinajstić information content (AvgIpc) is 2.68. The van der Waals surface area contributed by atoms with Crippen molar-refractivity contribution in [1.82, 2.24) is 10.6 Å². The number of nitrogens with one attached hydrogen (secondary N) is 2. The van der Waals surface area contributed by atoms with Gasteiger partial charge in [-0.25, -0.2) is 0 Å². The maximum Gasteiger partial charge on any atom is 0.267 e. The van der Waals surface area contributed by atoms with E-state index in [0.717, 1.165) is 5.56 Å². The van der Waals surface area contributed by atoms with Gasteiger partial charge in [0.2, 0.25) is 0 Å². The summed E-state index contributed by atoms with van der Waals surface area (Å²) in [5.41, 5.74) is 1.33. The lowest BCUT2D eigenvalue weighted by molar-refractivity contribution is -0.117. The molecule has 136 valence electrons. The number of aliphatic hydroxyl groups is 1. The molecule has 0 radical (unpaired) electrons. The highest BCUT2D eigenvalue weighted by molar-refractivity contribution is 6.05. The Morgan fingerprint density at radius 1 is 1.08 bits per heavy atom. The number of hydrogen-bond acceptors (Lipinski definition) is 4. The summed E-state index contributed by atoms with van der Waals surface area (Å²) in [5, 5.41) is 14.2. The van der Waals surface area contributed by atoms with Crippen LogP contribution in [0, 0.1) is 0 Å². The van der Waals surface area contributed by atoms with Crippen LogP contribution in [0.15, 0.2) is 60.3 Å². The van der Waals surface area contributed by atoms with Crippen molar-refractivity contribution in [2.45, 2.75) is 6.42 Å². The minimum absolute atomic E-state index is 0.0176. The molecule has 2 rings (SSSR count). The number of rotatable bonds is 8.